The predicted molar refractivity (Wildman–Crippen MR) is 110 cm³/mol. The number of fused-ring (bicyclic) bond motifs is 2. The second-order valence-electron chi connectivity index (χ2n) is 8.25. The number of aromatic hydroxyl groups is 1. The molecular formula is C22H23F2N5O2. The van der Waals surface area contributed by atoms with Crippen molar-refractivity contribution in [3.05, 3.63) is 42.5 Å². The van der Waals surface area contributed by atoms with E-state index in [1.165, 1.54) is 18.3 Å². The van der Waals surface area contributed by atoms with Gasteiger partial charge < -0.3 is 15.2 Å². The normalized spacial score (nSPS) is 25.4. The van der Waals surface area contributed by atoms with Crippen LogP contribution in [0, 0.1) is 5.82 Å². The van der Waals surface area contributed by atoms with Crippen LogP contribution in [0.2, 0.25) is 0 Å². The van der Waals surface area contributed by atoms with E-state index in [9.17, 15) is 13.9 Å². The van der Waals surface area contributed by atoms with Crippen molar-refractivity contribution in [2.45, 2.75) is 50.0 Å². The molecule has 162 valence electrons. The number of phenols is 1. The Kier molecular flexibility index (Phi) is 5.05. The summed E-state index contributed by atoms with van der Waals surface area (Å²) in [6.07, 6.45) is 4.97. The minimum absolute atomic E-state index is 0.127. The zero-order chi connectivity index (χ0) is 21.5. The Morgan fingerprint density at radius 3 is 2.81 bits per heavy atom. The quantitative estimate of drug-likeness (QED) is 0.664. The molecule has 5 rings (SSSR count). The number of hydrogen-bond acceptors (Lipinski definition) is 6. The van der Waals surface area contributed by atoms with Gasteiger partial charge in [0.25, 0.3) is 0 Å². The van der Waals surface area contributed by atoms with Gasteiger partial charge in [-0.05, 0) is 31.0 Å². The fourth-order valence-electron chi connectivity index (χ4n) is 4.50. The summed E-state index contributed by atoms with van der Waals surface area (Å²) in [6, 6.07) is 5.79. The molecule has 0 radical (unpaired) electrons. The first-order chi connectivity index (χ1) is 15.0. The lowest BCUT2D eigenvalue weighted by Crippen LogP contribution is -2.59. The summed E-state index contributed by atoms with van der Waals surface area (Å²) in [5, 5.41) is 25.9. The van der Waals surface area contributed by atoms with Crippen LogP contribution >= 0.6 is 0 Å². The molecule has 2 aromatic heterocycles. The summed E-state index contributed by atoms with van der Waals surface area (Å²) in [5.41, 5.74) is 1.31. The zero-order valence-electron chi connectivity index (χ0n) is 17.0. The molecule has 3 aromatic rings. The maximum atomic E-state index is 14.7. The van der Waals surface area contributed by atoms with Gasteiger partial charge in [0.1, 0.15) is 17.7 Å². The Balaban J connectivity index is 1.35. The lowest BCUT2D eigenvalue weighted by Gasteiger charge is -2.42. The van der Waals surface area contributed by atoms with Gasteiger partial charge in [-0.3, -0.25) is 4.68 Å². The van der Waals surface area contributed by atoms with Crippen LogP contribution in [0.5, 0.6) is 11.6 Å². The number of nitrogens with zero attached hydrogens (tertiary/aromatic N) is 4. The summed E-state index contributed by atoms with van der Waals surface area (Å²) < 4.78 is 36.7. The van der Waals surface area contributed by atoms with Crippen molar-refractivity contribution in [1.29, 1.82) is 0 Å². The van der Waals surface area contributed by atoms with E-state index in [-0.39, 0.29) is 34.8 Å². The van der Waals surface area contributed by atoms with E-state index in [0.717, 1.165) is 19.3 Å². The molecule has 4 atom stereocenters. The van der Waals surface area contributed by atoms with E-state index in [1.807, 2.05) is 0 Å². The molecule has 2 fully saturated rings. The number of nitrogens with one attached hydrogen (secondary N) is 1. The van der Waals surface area contributed by atoms with Crippen LogP contribution in [-0.2, 0) is 7.05 Å². The largest absolute Gasteiger partial charge is 0.507 e. The van der Waals surface area contributed by atoms with Crippen LogP contribution in [0.4, 0.5) is 8.78 Å². The molecule has 2 saturated heterocycles. The number of aromatic nitrogens is 4. The van der Waals surface area contributed by atoms with Crippen molar-refractivity contribution < 1.29 is 18.6 Å². The molecular weight excluding hydrogens is 404 g/mol. The topological polar surface area (TPSA) is 85.1 Å². The molecule has 0 amide bonds. The molecule has 31 heavy (non-hydrogen) atoms. The smallest absolute Gasteiger partial charge is 0.233 e. The molecule has 0 saturated carbocycles. The average molecular weight is 427 g/mol. The monoisotopic (exact) mass is 427 g/mol. The van der Waals surface area contributed by atoms with Gasteiger partial charge in [0.2, 0.25) is 5.88 Å². The van der Waals surface area contributed by atoms with Gasteiger partial charge in [-0.25, -0.2) is 8.78 Å². The number of rotatable bonds is 4. The fourth-order valence-corrected chi connectivity index (χ4v) is 4.50. The summed E-state index contributed by atoms with van der Waals surface area (Å²) >= 11 is 0. The Hall–Kier alpha value is -3.07. The fraction of sp³-hybridized carbons (Fsp3) is 0.409. The van der Waals surface area contributed by atoms with Gasteiger partial charge >= 0.3 is 0 Å². The highest BCUT2D eigenvalue weighted by Crippen LogP contribution is 2.35. The standard InChI is InChI=1S/C22H23F2N5O2/c1-29-11-12(10-25-29)14-9-19(30)15(8-16(14)23)17-5-6-21(28-27-17)31-20-7-13-3-2-4-18(26-13)22(20)24/h5-6,8-11,13,18,20,22,26,30H,2-4,7H2,1H3/t13-,18+,20+,22-/m1/s1. The van der Waals surface area contributed by atoms with E-state index in [0.29, 0.717) is 17.7 Å². The van der Waals surface area contributed by atoms with Gasteiger partial charge in [0, 0.05) is 54.5 Å². The Morgan fingerprint density at radius 2 is 2.06 bits per heavy atom. The lowest BCUT2D eigenvalue weighted by atomic mass is 9.84. The number of halogens is 2. The maximum Gasteiger partial charge on any atom is 0.233 e. The van der Waals surface area contributed by atoms with E-state index in [4.69, 9.17) is 4.74 Å². The van der Waals surface area contributed by atoms with Gasteiger partial charge in [0.15, 0.2) is 6.17 Å². The molecule has 2 bridgehead atoms. The molecule has 7 nitrogen and oxygen atoms in total. The number of piperidine rings is 2. The second-order valence-corrected chi connectivity index (χ2v) is 8.25. The van der Waals surface area contributed by atoms with Crippen molar-refractivity contribution in [2.75, 3.05) is 0 Å². The Morgan fingerprint density at radius 1 is 1.19 bits per heavy atom. The first-order valence-electron chi connectivity index (χ1n) is 10.4. The molecule has 2 N–H and O–H groups in total. The minimum Gasteiger partial charge on any atom is -0.507 e. The predicted octanol–water partition coefficient (Wildman–Crippen LogP) is 3.39. The average Bonchev–Trinajstić information content (AvgIpc) is 3.20. The first kappa shape index (κ1) is 19.9. The van der Waals surface area contributed by atoms with Crippen LogP contribution < -0.4 is 10.1 Å². The molecule has 0 unspecified atom stereocenters. The molecule has 0 aliphatic carbocycles. The van der Waals surface area contributed by atoms with Gasteiger partial charge in [0.05, 0.1) is 11.9 Å². The highest BCUT2D eigenvalue weighted by atomic mass is 19.1. The summed E-state index contributed by atoms with van der Waals surface area (Å²) in [4.78, 5) is 0. The number of hydrogen-bond donors (Lipinski definition) is 2. The Labute approximate surface area is 178 Å². The lowest BCUT2D eigenvalue weighted by molar-refractivity contribution is 0.00652. The SMILES string of the molecule is Cn1cc(-c2cc(O)c(-c3ccc(O[C@H]4C[C@H]5CCC[C@H](N5)[C@H]4F)nn3)cc2F)cn1. The third-order valence-corrected chi connectivity index (χ3v) is 6.06. The van der Waals surface area contributed by atoms with Crippen molar-refractivity contribution in [3.63, 3.8) is 0 Å². The van der Waals surface area contributed by atoms with Gasteiger partial charge in [-0.2, -0.15) is 5.10 Å². The molecule has 4 heterocycles. The van der Waals surface area contributed by atoms with Crippen LogP contribution in [0.15, 0.2) is 36.7 Å². The van der Waals surface area contributed by atoms with Crippen LogP contribution in [-0.4, -0.2) is 49.4 Å². The number of ether oxygens (including phenoxy) is 1. The molecule has 2 aliphatic rings. The summed E-state index contributed by atoms with van der Waals surface area (Å²) in [6.45, 7) is 0. The number of phenolic OH excluding ortho intramolecular Hbond substituents is 1. The number of benzene rings is 1. The third kappa shape index (κ3) is 3.85. The molecule has 9 heteroatoms. The summed E-state index contributed by atoms with van der Waals surface area (Å²) in [5.74, 6) is -0.425. The van der Waals surface area contributed by atoms with E-state index >= 15 is 0 Å². The van der Waals surface area contributed by atoms with Crippen molar-refractivity contribution in [2.24, 2.45) is 7.05 Å². The van der Waals surface area contributed by atoms with E-state index in [1.54, 1.807) is 30.1 Å². The maximum absolute atomic E-state index is 14.7. The van der Waals surface area contributed by atoms with Crippen molar-refractivity contribution in [3.8, 4) is 34.0 Å². The van der Waals surface area contributed by atoms with Crippen LogP contribution in [0.25, 0.3) is 22.4 Å². The van der Waals surface area contributed by atoms with Crippen molar-refractivity contribution in [1.82, 2.24) is 25.3 Å². The van der Waals surface area contributed by atoms with Gasteiger partial charge in [-0.15, -0.1) is 10.2 Å². The van der Waals surface area contributed by atoms with Crippen molar-refractivity contribution >= 4 is 0 Å². The molecule has 2 aliphatic heterocycles. The first-order valence-corrected chi connectivity index (χ1v) is 10.4. The van der Waals surface area contributed by atoms with Crippen LogP contribution in [0.3, 0.4) is 0 Å². The molecule has 0 spiro atoms. The second kappa shape index (κ2) is 7.88. The highest BCUT2D eigenvalue weighted by Gasteiger charge is 2.41. The number of alkyl halides is 1. The van der Waals surface area contributed by atoms with E-state index in [2.05, 4.69) is 20.6 Å². The third-order valence-electron chi connectivity index (χ3n) is 6.06. The van der Waals surface area contributed by atoms with Crippen LogP contribution in [0.1, 0.15) is 25.7 Å². The molecule has 1 aromatic carbocycles. The summed E-state index contributed by atoms with van der Waals surface area (Å²) in [7, 11) is 1.73. The number of aryl methyl sites for hydroxylation is 1. The van der Waals surface area contributed by atoms with Gasteiger partial charge in [-0.1, -0.05) is 6.42 Å². The van der Waals surface area contributed by atoms with E-state index < -0.39 is 18.1 Å². The Bertz CT molecular complexity index is 1090. The minimum atomic E-state index is -1.10. The zero-order valence-corrected chi connectivity index (χ0v) is 17.0. The highest BCUT2D eigenvalue weighted by molar-refractivity contribution is 5.74.